The Kier molecular flexibility index (Phi) is 10.3. The van der Waals surface area contributed by atoms with Gasteiger partial charge in [0.05, 0.1) is 19.3 Å². The normalized spacial score (nSPS) is 22.3. The molecule has 0 radical (unpaired) electrons. The molecule has 2 aliphatic rings. The summed E-state index contributed by atoms with van der Waals surface area (Å²) < 4.78 is 5.45. The number of rotatable bonds is 8. The highest BCUT2D eigenvalue weighted by Crippen LogP contribution is 2.30. The minimum atomic E-state index is -0.989. The van der Waals surface area contributed by atoms with Gasteiger partial charge in [-0.3, -0.25) is 15.0 Å². The number of guanidine groups is 1. The number of carbonyl (C=O) groups is 2. The van der Waals surface area contributed by atoms with Crippen LogP contribution in [0.1, 0.15) is 52.1 Å². The lowest BCUT2D eigenvalue weighted by Crippen LogP contribution is -2.54. The van der Waals surface area contributed by atoms with E-state index in [-0.39, 0.29) is 23.9 Å². The van der Waals surface area contributed by atoms with Crippen LogP contribution in [0.2, 0.25) is 0 Å². The van der Waals surface area contributed by atoms with E-state index in [1.807, 2.05) is 43.9 Å². The zero-order chi connectivity index (χ0) is 26.8. The predicted molar refractivity (Wildman–Crippen MR) is 143 cm³/mol. The zero-order valence-electron chi connectivity index (χ0n) is 22.5. The first-order chi connectivity index (χ1) is 17.8. The summed E-state index contributed by atoms with van der Waals surface area (Å²) in [5.41, 5.74) is 0.188. The van der Waals surface area contributed by atoms with E-state index in [1.54, 1.807) is 0 Å². The summed E-state index contributed by atoms with van der Waals surface area (Å²) in [4.78, 5) is 34.9. The number of hydrogen-bond acceptors (Lipinski definition) is 6. The van der Waals surface area contributed by atoms with Gasteiger partial charge in [0.25, 0.3) is 0 Å². The Balaban J connectivity index is 1.79. The topological polar surface area (TPSA) is 122 Å². The molecule has 0 bridgehead atoms. The van der Waals surface area contributed by atoms with Gasteiger partial charge in [-0.1, -0.05) is 44.2 Å². The van der Waals surface area contributed by atoms with Crippen molar-refractivity contribution >= 4 is 17.9 Å². The molecule has 10 nitrogen and oxygen atoms in total. The smallest absolute Gasteiger partial charge is 0.321 e. The maximum atomic E-state index is 13.6. The second kappa shape index (κ2) is 13.4. The van der Waals surface area contributed by atoms with Crippen LogP contribution in [0.5, 0.6) is 0 Å². The highest BCUT2D eigenvalue weighted by Gasteiger charge is 2.42. The lowest BCUT2D eigenvalue weighted by atomic mass is 9.98. The molecule has 0 aliphatic carbocycles. The number of benzene rings is 1. The van der Waals surface area contributed by atoms with Gasteiger partial charge < -0.3 is 20.3 Å². The molecule has 3 rings (SSSR count). The van der Waals surface area contributed by atoms with Gasteiger partial charge in [0.2, 0.25) is 11.9 Å². The van der Waals surface area contributed by atoms with E-state index in [2.05, 4.69) is 46.0 Å². The molecule has 2 saturated heterocycles. The molecule has 0 spiro atoms. The second-order valence-corrected chi connectivity index (χ2v) is 10.2. The molecule has 3 atom stereocenters. The first-order valence-electron chi connectivity index (χ1n) is 13.2. The number of amides is 3. The number of urea groups is 1. The summed E-state index contributed by atoms with van der Waals surface area (Å²) in [6, 6.07) is 11.6. The molecule has 202 valence electrons. The minimum Gasteiger partial charge on any atom is -0.378 e. The fourth-order valence-corrected chi connectivity index (χ4v) is 4.74. The van der Waals surface area contributed by atoms with Crippen LogP contribution in [-0.4, -0.2) is 85.2 Å². The van der Waals surface area contributed by atoms with Crippen LogP contribution in [-0.2, 0) is 9.53 Å². The Morgan fingerprint density at radius 1 is 1.16 bits per heavy atom. The second-order valence-electron chi connectivity index (χ2n) is 10.2. The molecule has 1 aromatic rings. The van der Waals surface area contributed by atoms with Gasteiger partial charge in [-0.25, -0.2) is 9.79 Å². The van der Waals surface area contributed by atoms with Gasteiger partial charge in [-0.05, 0) is 38.2 Å². The number of aliphatic imine (C=N–C) groups is 1. The third-order valence-corrected chi connectivity index (χ3v) is 6.85. The quantitative estimate of drug-likeness (QED) is 0.364. The minimum absolute atomic E-state index is 0.131. The van der Waals surface area contributed by atoms with Crippen LogP contribution >= 0.6 is 0 Å². The fraction of sp³-hybridized carbons (Fsp3) is 0.630. The molecule has 3 N–H and O–H groups in total. The number of nitriles is 1. The highest BCUT2D eigenvalue weighted by molar-refractivity contribution is 5.97. The average Bonchev–Trinajstić information content (AvgIpc) is 3.32. The van der Waals surface area contributed by atoms with Crippen molar-refractivity contribution in [2.24, 2.45) is 10.9 Å². The Hall–Kier alpha value is -3.16. The van der Waals surface area contributed by atoms with Gasteiger partial charge in [0.15, 0.2) is 0 Å². The van der Waals surface area contributed by atoms with E-state index >= 15 is 0 Å². The van der Waals surface area contributed by atoms with Crippen molar-refractivity contribution < 1.29 is 14.3 Å². The van der Waals surface area contributed by atoms with Crippen LogP contribution in [0.15, 0.2) is 35.3 Å². The van der Waals surface area contributed by atoms with Crippen molar-refractivity contribution in [2.75, 3.05) is 45.9 Å². The van der Waals surface area contributed by atoms with Gasteiger partial charge in [0, 0.05) is 38.8 Å². The summed E-state index contributed by atoms with van der Waals surface area (Å²) in [7, 11) is 0. The number of ether oxygens (including phenoxy) is 1. The van der Waals surface area contributed by atoms with E-state index in [0.29, 0.717) is 64.7 Å². The standard InChI is InChI=1S/C27H41N7O3/c1-5-29-26(36)31-25(33-13-15-37-16-14-33)30-23(17-20(2)3)24(35)32-27(18-28)11-12-34(19-27)21(4)22-9-7-6-8-10-22/h6-10,20-21,23H,5,11-17,19H2,1-4H3,(H,32,35)(H2,29,30,31,36). The summed E-state index contributed by atoms with van der Waals surface area (Å²) in [5, 5.41) is 18.7. The monoisotopic (exact) mass is 511 g/mol. The molecular weight excluding hydrogens is 470 g/mol. The zero-order valence-corrected chi connectivity index (χ0v) is 22.5. The van der Waals surface area contributed by atoms with Crippen LogP contribution in [0, 0.1) is 17.2 Å². The van der Waals surface area contributed by atoms with Crippen molar-refractivity contribution in [1.82, 2.24) is 25.8 Å². The van der Waals surface area contributed by atoms with E-state index < -0.39 is 11.6 Å². The number of nitrogens with zero attached hydrogens (tertiary/aromatic N) is 4. The molecule has 2 aliphatic heterocycles. The largest absolute Gasteiger partial charge is 0.378 e. The maximum absolute atomic E-state index is 13.6. The van der Waals surface area contributed by atoms with E-state index in [9.17, 15) is 14.9 Å². The Labute approximate surface area is 220 Å². The molecule has 1 aromatic carbocycles. The molecule has 0 aromatic heterocycles. The number of morpholine rings is 1. The molecule has 37 heavy (non-hydrogen) atoms. The lowest BCUT2D eigenvalue weighted by molar-refractivity contribution is -0.124. The van der Waals surface area contributed by atoms with Gasteiger partial charge >= 0.3 is 6.03 Å². The van der Waals surface area contributed by atoms with Crippen molar-refractivity contribution in [3.05, 3.63) is 35.9 Å². The third-order valence-electron chi connectivity index (χ3n) is 6.85. The van der Waals surface area contributed by atoms with Gasteiger partial charge in [-0.2, -0.15) is 5.26 Å². The number of carbonyl (C=O) groups excluding carboxylic acids is 2. The fourth-order valence-electron chi connectivity index (χ4n) is 4.74. The Morgan fingerprint density at radius 2 is 1.86 bits per heavy atom. The molecule has 2 fully saturated rings. The summed E-state index contributed by atoms with van der Waals surface area (Å²) in [6.07, 6.45) is 1.03. The molecule has 2 heterocycles. The van der Waals surface area contributed by atoms with Crippen LogP contribution in [0.25, 0.3) is 0 Å². The first-order valence-corrected chi connectivity index (χ1v) is 13.2. The van der Waals surface area contributed by atoms with Crippen LogP contribution in [0.3, 0.4) is 0 Å². The first kappa shape index (κ1) is 28.4. The van der Waals surface area contributed by atoms with E-state index in [0.717, 1.165) is 0 Å². The van der Waals surface area contributed by atoms with E-state index in [1.165, 1.54) is 5.56 Å². The van der Waals surface area contributed by atoms with Crippen molar-refractivity contribution in [2.45, 2.75) is 58.2 Å². The SMILES string of the molecule is CCNC(=O)NC(=NC(CC(C)C)C(=O)NC1(C#N)CCN(C(C)c2ccccc2)C1)N1CCOCC1. The molecule has 3 amide bonds. The van der Waals surface area contributed by atoms with Gasteiger partial charge in [-0.15, -0.1) is 0 Å². The van der Waals surface area contributed by atoms with Crippen molar-refractivity contribution in [1.29, 1.82) is 5.26 Å². The third kappa shape index (κ3) is 7.91. The molecule has 10 heteroatoms. The van der Waals surface area contributed by atoms with Crippen LogP contribution < -0.4 is 16.0 Å². The van der Waals surface area contributed by atoms with Gasteiger partial charge in [0.1, 0.15) is 11.6 Å². The van der Waals surface area contributed by atoms with Crippen LogP contribution in [0.4, 0.5) is 4.79 Å². The average molecular weight is 512 g/mol. The number of likely N-dealkylation sites (tertiary alicyclic amines) is 1. The maximum Gasteiger partial charge on any atom is 0.321 e. The molecule has 0 saturated carbocycles. The summed E-state index contributed by atoms with van der Waals surface area (Å²) in [5.74, 6) is 0.242. The number of nitrogens with one attached hydrogen (secondary N) is 3. The highest BCUT2D eigenvalue weighted by atomic mass is 16.5. The molecular formula is C27H41N7O3. The van der Waals surface area contributed by atoms with Crippen molar-refractivity contribution in [3.8, 4) is 6.07 Å². The Bertz CT molecular complexity index is 972. The van der Waals surface area contributed by atoms with E-state index in [4.69, 9.17) is 9.73 Å². The summed E-state index contributed by atoms with van der Waals surface area (Å²) in [6.45, 7) is 11.8. The molecule has 3 unspecified atom stereocenters. The summed E-state index contributed by atoms with van der Waals surface area (Å²) >= 11 is 0. The predicted octanol–water partition coefficient (Wildman–Crippen LogP) is 2.25. The lowest BCUT2D eigenvalue weighted by Gasteiger charge is -2.31. The number of hydrogen-bond donors (Lipinski definition) is 3. The van der Waals surface area contributed by atoms with Crippen molar-refractivity contribution in [3.63, 3.8) is 0 Å². The Morgan fingerprint density at radius 3 is 2.49 bits per heavy atom.